The fraction of sp³-hybridized carbons (Fsp3) is 0.739. The van der Waals surface area contributed by atoms with E-state index in [1.807, 2.05) is 0 Å². The summed E-state index contributed by atoms with van der Waals surface area (Å²) in [7, 11) is -2.87. The molecule has 0 amide bonds. The summed E-state index contributed by atoms with van der Waals surface area (Å²) in [4.78, 5) is 0. The third-order valence-electron chi connectivity index (χ3n) is 5.49. The molecule has 2 unspecified atom stereocenters. The molecule has 0 saturated carbocycles. The maximum absolute atomic E-state index is 11.8. The summed E-state index contributed by atoms with van der Waals surface area (Å²) in [5.41, 5.74) is 1.34. The highest BCUT2D eigenvalue weighted by Gasteiger charge is 2.25. The molecule has 5 heteroatoms. The van der Waals surface area contributed by atoms with Gasteiger partial charge in [-0.3, -0.25) is 0 Å². The highest BCUT2D eigenvalue weighted by atomic mass is 32.2. The Hall–Kier alpha value is -1.07. The highest BCUT2D eigenvalue weighted by Crippen LogP contribution is 2.24. The second kappa shape index (κ2) is 11.2. The molecule has 0 aromatic heterocycles. The maximum Gasteiger partial charge on any atom is 0.152 e. The summed E-state index contributed by atoms with van der Waals surface area (Å²) < 4.78 is 35.5. The Labute approximate surface area is 171 Å². The second-order valence-electron chi connectivity index (χ2n) is 8.55. The van der Waals surface area contributed by atoms with Crippen LogP contribution in [0, 0.1) is 0 Å². The lowest BCUT2D eigenvalue weighted by atomic mass is 10.0. The summed E-state index contributed by atoms with van der Waals surface area (Å²) in [6.07, 6.45) is 8.92. The molecule has 0 radical (unpaired) electrons. The fourth-order valence-electron chi connectivity index (χ4n) is 3.77. The summed E-state index contributed by atoms with van der Waals surface area (Å²) in [5, 5.41) is -0.252. The van der Waals surface area contributed by atoms with Crippen LogP contribution in [0.3, 0.4) is 0 Å². The molecule has 0 spiro atoms. The van der Waals surface area contributed by atoms with Crippen molar-refractivity contribution in [2.45, 2.75) is 103 Å². The number of aryl methyl sites for hydroxylation is 1. The quantitative estimate of drug-likeness (QED) is 0.462. The van der Waals surface area contributed by atoms with E-state index >= 15 is 0 Å². The van der Waals surface area contributed by atoms with Crippen molar-refractivity contribution >= 4 is 9.84 Å². The number of hydrogen-bond acceptors (Lipinski definition) is 4. The molecule has 1 heterocycles. The van der Waals surface area contributed by atoms with E-state index in [1.54, 1.807) is 13.8 Å². The van der Waals surface area contributed by atoms with E-state index in [1.165, 1.54) is 5.56 Å². The predicted molar refractivity (Wildman–Crippen MR) is 116 cm³/mol. The lowest BCUT2D eigenvalue weighted by Gasteiger charge is -2.32. The normalized spacial score (nSPS) is 23.1. The van der Waals surface area contributed by atoms with Crippen LogP contribution in [0.1, 0.15) is 78.2 Å². The Balaban J connectivity index is 1.61. The van der Waals surface area contributed by atoms with E-state index in [4.69, 9.17) is 9.47 Å². The first-order chi connectivity index (χ1) is 13.3. The van der Waals surface area contributed by atoms with Crippen molar-refractivity contribution < 1.29 is 17.9 Å². The lowest BCUT2D eigenvalue weighted by molar-refractivity contribution is -0.0721. The molecule has 0 N–H and O–H groups in total. The van der Waals surface area contributed by atoms with Crippen molar-refractivity contribution in [3.63, 3.8) is 0 Å². The molecule has 1 aromatic rings. The Morgan fingerprint density at radius 2 is 1.54 bits per heavy atom. The van der Waals surface area contributed by atoms with Gasteiger partial charge in [0.25, 0.3) is 0 Å². The Bertz CT molecular complexity index is 656. The van der Waals surface area contributed by atoms with Crippen LogP contribution in [-0.2, 0) is 21.0 Å². The molecule has 2 rings (SSSR count). The van der Waals surface area contributed by atoms with Crippen molar-refractivity contribution in [3.05, 3.63) is 29.8 Å². The molecule has 1 aliphatic rings. The Morgan fingerprint density at radius 1 is 0.964 bits per heavy atom. The first-order valence-corrected chi connectivity index (χ1v) is 12.6. The van der Waals surface area contributed by atoms with E-state index in [0.29, 0.717) is 5.75 Å². The number of rotatable bonds is 11. The van der Waals surface area contributed by atoms with Gasteiger partial charge in [-0.1, -0.05) is 31.4 Å². The van der Waals surface area contributed by atoms with Crippen molar-refractivity contribution in [3.8, 4) is 5.75 Å². The molecule has 1 saturated heterocycles. The summed E-state index contributed by atoms with van der Waals surface area (Å²) in [5.74, 6) is 1.28. The van der Waals surface area contributed by atoms with Gasteiger partial charge in [-0.05, 0) is 64.7 Å². The van der Waals surface area contributed by atoms with E-state index in [2.05, 4.69) is 38.1 Å². The van der Waals surface area contributed by atoms with Crippen LogP contribution in [-0.4, -0.2) is 37.7 Å². The van der Waals surface area contributed by atoms with E-state index in [-0.39, 0.29) is 23.6 Å². The summed E-state index contributed by atoms with van der Waals surface area (Å²) in [6, 6.07) is 8.49. The SMILES string of the molecule is CC1CC(Oc2ccc(CCCCCCCS(=O)(=O)C(C)C)cc2)CC(C)O1. The standard InChI is InChI=1S/C23H38O4S/c1-18(2)28(24,25)15-9-7-5-6-8-10-21-11-13-22(14-12-21)27-23-16-19(3)26-20(4)17-23/h11-14,18-20,23H,5-10,15-17H2,1-4H3. The van der Waals surface area contributed by atoms with Gasteiger partial charge in [-0.2, -0.15) is 0 Å². The molecule has 4 nitrogen and oxygen atoms in total. The average molecular weight is 411 g/mol. The largest absolute Gasteiger partial charge is 0.490 e. The van der Waals surface area contributed by atoms with Crippen LogP contribution in [0.15, 0.2) is 24.3 Å². The minimum absolute atomic E-state index is 0.240. The molecular weight excluding hydrogens is 372 g/mol. The summed E-state index contributed by atoms with van der Waals surface area (Å²) in [6.45, 7) is 7.74. The molecule has 160 valence electrons. The first-order valence-electron chi connectivity index (χ1n) is 10.9. The van der Waals surface area contributed by atoms with E-state index < -0.39 is 9.84 Å². The monoisotopic (exact) mass is 410 g/mol. The van der Waals surface area contributed by atoms with Gasteiger partial charge in [-0.25, -0.2) is 8.42 Å². The van der Waals surface area contributed by atoms with Gasteiger partial charge in [0.05, 0.1) is 23.2 Å². The van der Waals surface area contributed by atoms with E-state index in [0.717, 1.165) is 57.1 Å². The molecule has 1 aliphatic heterocycles. The van der Waals surface area contributed by atoms with Gasteiger partial charge < -0.3 is 9.47 Å². The first kappa shape index (κ1) is 23.2. The van der Waals surface area contributed by atoms with Gasteiger partial charge >= 0.3 is 0 Å². The van der Waals surface area contributed by atoms with Gasteiger partial charge in [0.15, 0.2) is 9.84 Å². The zero-order valence-corrected chi connectivity index (χ0v) is 18.8. The number of hydrogen-bond donors (Lipinski definition) is 0. The number of benzene rings is 1. The number of sulfone groups is 1. The van der Waals surface area contributed by atoms with Gasteiger partial charge in [0, 0.05) is 12.8 Å². The molecule has 1 fully saturated rings. The second-order valence-corrected chi connectivity index (χ2v) is 11.2. The molecule has 0 aliphatic carbocycles. The maximum atomic E-state index is 11.8. The zero-order valence-electron chi connectivity index (χ0n) is 18.0. The zero-order chi connectivity index (χ0) is 20.6. The molecule has 1 aromatic carbocycles. The Morgan fingerprint density at radius 3 is 2.14 bits per heavy atom. The molecule has 28 heavy (non-hydrogen) atoms. The van der Waals surface area contributed by atoms with Crippen LogP contribution in [0.2, 0.25) is 0 Å². The van der Waals surface area contributed by atoms with Crippen LogP contribution in [0.4, 0.5) is 0 Å². The van der Waals surface area contributed by atoms with Crippen LogP contribution in [0.5, 0.6) is 5.75 Å². The lowest BCUT2D eigenvalue weighted by Crippen LogP contribution is -2.35. The van der Waals surface area contributed by atoms with Gasteiger partial charge in [0.1, 0.15) is 11.9 Å². The van der Waals surface area contributed by atoms with E-state index in [9.17, 15) is 8.42 Å². The van der Waals surface area contributed by atoms with Gasteiger partial charge in [0.2, 0.25) is 0 Å². The van der Waals surface area contributed by atoms with Crippen LogP contribution < -0.4 is 4.74 Å². The van der Waals surface area contributed by atoms with Gasteiger partial charge in [-0.15, -0.1) is 0 Å². The summed E-state index contributed by atoms with van der Waals surface area (Å²) >= 11 is 0. The van der Waals surface area contributed by atoms with Crippen LogP contribution in [0.25, 0.3) is 0 Å². The molecular formula is C23H38O4S. The van der Waals surface area contributed by atoms with Crippen molar-refractivity contribution in [1.82, 2.24) is 0 Å². The minimum Gasteiger partial charge on any atom is -0.490 e. The molecule has 2 atom stereocenters. The van der Waals surface area contributed by atoms with Crippen molar-refractivity contribution in [1.29, 1.82) is 0 Å². The average Bonchev–Trinajstić information content (AvgIpc) is 2.61. The smallest absolute Gasteiger partial charge is 0.152 e. The predicted octanol–water partition coefficient (Wildman–Crippen LogP) is 5.34. The minimum atomic E-state index is -2.87. The van der Waals surface area contributed by atoms with Crippen molar-refractivity contribution in [2.75, 3.05) is 5.75 Å². The highest BCUT2D eigenvalue weighted by molar-refractivity contribution is 7.91. The van der Waals surface area contributed by atoms with Crippen LogP contribution >= 0.6 is 0 Å². The number of ether oxygens (including phenoxy) is 2. The molecule has 0 bridgehead atoms. The topological polar surface area (TPSA) is 52.6 Å². The Kier molecular flexibility index (Phi) is 9.29. The number of unbranched alkanes of at least 4 members (excludes halogenated alkanes) is 4. The van der Waals surface area contributed by atoms with Crippen molar-refractivity contribution in [2.24, 2.45) is 0 Å². The fourth-order valence-corrected chi connectivity index (χ4v) is 4.84. The third-order valence-corrected chi connectivity index (χ3v) is 7.79. The third kappa shape index (κ3) is 8.12.